The molecule has 1 aliphatic carbocycles. The smallest absolute Gasteiger partial charge is 0.251 e. The Labute approximate surface area is 130 Å². The fourth-order valence-corrected chi connectivity index (χ4v) is 3.39. The van der Waals surface area contributed by atoms with Crippen LogP contribution in [0, 0.1) is 5.92 Å². The summed E-state index contributed by atoms with van der Waals surface area (Å²) in [6.07, 6.45) is 4.84. The number of aromatic hydroxyl groups is 1. The molecule has 0 bridgehead atoms. The zero-order valence-electron chi connectivity index (χ0n) is 10.5. The highest BCUT2D eigenvalue weighted by atomic mass is 79.9. The first kappa shape index (κ1) is 14.9. The van der Waals surface area contributed by atoms with Gasteiger partial charge in [0.1, 0.15) is 5.75 Å². The van der Waals surface area contributed by atoms with Gasteiger partial charge in [-0.05, 0) is 52.9 Å². The van der Waals surface area contributed by atoms with Crippen molar-refractivity contribution in [2.45, 2.75) is 30.5 Å². The number of carbonyl (C=O) groups is 1. The van der Waals surface area contributed by atoms with Gasteiger partial charge in [0.15, 0.2) is 0 Å². The van der Waals surface area contributed by atoms with E-state index in [4.69, 9.17) is 0 Å². The van der Waals surface area contributed by atoms with E-state index in [-0.39, 0.29) is 11.7 Å². The van der Waals surface area contributed by atoms with Gasteiger partial charge >= 0.3 is 0 Å². The predicted molar refractivity (Wildman–Crippen MR) is 82.8 cm³/mol. The highest BCUT2D eigenvalue weighted by Crippen LogP contribution is 2.29. The average molecular weight is 391 g/mol. The van der Waals surface area contributed by atoms with Gasteiger partial charge in [-0.2, -0.15) is 0 Å². The summed E-state index contributed by atoms with van der Waals surface area (Å²) in [6.45, 7) is 0.686. The molecule has 1 amide bonds. The van der Waals surface area contributed by atoms with Gasteiger partial charge in [-0.15, -0.1) is 0 Å². The molecule has 2 N–H and O–H groups in total. The summed E-state index contributed by atoms with van der Waals surface area (Å²) in [4.78, 5) is 12.5. The summed E-state index contributed by atoms with van der Waals surface area (Å²) in [5, 5.41) is 12.5. The zero-order valence-corrected chi connectivity index (χ0v) is 13.7. The van der Waals surface area contributed by atoms with Crippen LogP contribution in [-0.4, -0.2) is 22.4 Å². The molecule has 0 saturated heterocycles. The molecule has 2 rings (SSSR count). The van der Waals surface area contributed by atoms with E-state index in [0.29, 0.717) is 27.3 Å². The number of carbonyl (C=O) groups excluding carboxylic acids is 1. The van der Waals surface area contributed by atoms with Crippen LogP contribution in [0.3, 0.4) is 0 Å². The minimum atomic E-state index is -0.131. The van der Waals surface area contributed by atoms with Crippen molar-refractivity contribution in [3.05, 3.63) is 28.2 Å². The third-order valence-corrected chi connectivity index (χ3v) is 5.43. The molecule has 0 spiro atoms. The van der Waals surface area contributed by atoms with E-state index in [1.54, 1.807) is 12.1 Å². The first-order valence-corrected chi connectivity index (χ1v) is 8.19. The Hall–Kier alpha value is -0.550. The van der Waals surface area contributed by atoms with Gasteiger partial charge < -0.3 is 10.4 Å². The number of alkyl halides is 1. The van der Waals surface area contributed by atoms with Crippen molar-refractivity contribution < 1.29 is 9.90 Å². The Bertz CT molecular complexity index is 465. The molecule has 1 aromatic carbocycles. The predicted octanol–water partition coefficient (Wildman–Crippen LogP) is 3.84. The van der Waals surface area contributed by atoms with Gasteiger partial charge in [0.05, 0.1) is 4.47 Å². The Morgan fingerprint density at radius 3 is 2.79 bits per heavy atom. The maximum Gasteiger partial charge on any atom is 0.251 e. The molecule has 3 nitrogen and oxygen atoms in total. The second-order valence-electron chi connectivity index (χ2n) is 4.94. The second-order valence-corrected chi connectivity index (χ2v) is 6.97. The minimum Gasteiger partial charge on any atom is -0.507 e. The third-order valence-electron chi connectivity index (χ3n) is 3.55. The van der Waals surface area contributed by atoms with E-state index in [1.165, 1.54) is 25.3 Å². The molecule has 0 radical (unpaired) electrons. The fourth-order valence-electron chi connectivity index (χ4n) is 2.37. The topological polar surface area (TPSA) is 49.3 Å². The lowest BCUT2D eigenvalue weighted by atomic mass is 9.89. The van der Waals surface area contributed by atoms with Crippen molar-refractivity contribution in [2.75, 3.05) is 6.54 Å². The number of phenols is 1. The Morgan fingerprint density at radius 2 is 2.11 bits per heavy atom. The molecule has 0 heterocycles. The maximum absolute atomic E-state index is 12.0. The number of rotatable bonds is 3. The molecule has 1 aromatic rings. The van der Waals surface area contributed by atoms with Crippen LogP contribution in [0.15, 0.2) is 22.7 Å². The van der Waals surface area contributed by atoms with Crippen LogP contribution in [0.5, 0.6) is 5.75 Å². The summed E-state index contributed by atoms with van der Waals surface area (Å²) < 4.78 is 0.594. The van der Waals surface area contributed by atoms with Crippen LogP contribution in [0.25, 0.3) is 0 Å². The zero-order chi connectivity index (χ0) is 13.8. The van der Waals surface area contributed by atoms with Crippen molar-refractivity contribution in [3.63, 3.8) is 0 Å². The Morgan fingerprint density at radius 1 is 1.37 bits per heavy atom. The number of hydrogen-bond donors (Lipinski definition) is 2. The molecule has 5 heteroatoms. The number of halogens is 2. The molecule has 2 unspecified atom stereocenters. The van der Waals surface area contributed by atoms with Gasteiger partial charge in [-0.25, -0.2) is 0 Å². The van der Waals surface area contributed by atoms with E-state index >= 15 is 0 Å². The summed E-state index contributed by atoms with van der Waals surface area (Å²) >= 11 is 6.88. The number of nitrogens with one attached hydrogen (secondary N) is 1. The van der Waals surface area contributed by atoms with E-state index < -0.39 is 0 Å². The van der Waals surface area contributed by atoms with Crippen molar-refractivity contribution in [2.24, 2.45) is 5.92 Å². The maximum atomic E-state index is 12.0. The molecule has 1 aliphatic rings. The SMILES string of the molecule is O=C(NCC1CCCCC1Br)c1ccc(Br)c(O)c1. The molecule has 104 valence electrons. The number of amides is 1. The van der Waals surface area contributed by atoms with Gasteiger partial charge in [0.2, 0.25) is 0 Å². The van der Waals surface area contributed by atoms with Gasteiger partial charge in [-0.1, -0.05) is 28.8 Å². The molecule has 2 atom stereocenters. The highest BCUT2D eigenvalue weighted by Gasteiger charge is 2.23. The summed E-state index contributed by atoms with van der Waals surface area (Å²) in [6, 6.07) is 4.86. The van der Waals surface area contributed by atoms with E-state index in [2.05, 4.69) is 37.2 Å². The molecular formula is C14H17Br2NO2. The molecule has 19 heavy (non-hydrogen) atoms. The standard InChI is InChI=1S/C14H17Br2NO2/c15-11-4-2-1-3-10(11)8-17-14(19)9-5-6-12(16)13(18)7-9/h5-7,10-11,18H,1-4,8H2,(H,17,19). The lowest BCUT2D eigenvalue weighted by molar-refractivity contribution is 0.0944. The first-order chi connectivity index (χ1) is 9.08. The fraction of sp³-hybridized carbons (Fsp3) is 0.500. The van der Waals surface area contributed by atoms with Crippen molar-refractivity contribution in [1.82, 2.24) is 5.32 Å². The normalized spacial score (nSPS) is 23.1. The van der Waals surface area contributed by atoms with Gasteiger partial charge in [0, 0.05) is 16.9 Å². The van der Waals surface area contributed by atoms with Crippen LogP contribution < -0.4 is 5.32 Å². The third kappa shape index (κ3) is 3.96. The van der Waals surface area contributed by atoms with Gasteiger partial charge in [-0.3, -0.25) is 4.79 Å². The number of hydrogen-bond acceptors (Lipinski definition) is 2. The van der Waals surface area contributed by atoms with Crippen molar-refractivity contribution >= 4 is 37.8 Å². The number of benzene rings is 1. The summed E-state index contributed by atoms with van der Waals surface area (Å²) in [7, 11) is 0. The lowest BCUT2D eigenvalue weighted by Gasteiger charge is -2.27. The molecule has 0 aromatic heterocycles. The molecule has 0 aliphatic heterocycles. The van der Waals surface area contributed by atoms with Crippen LogP contribution in [-0.2, 0) is 0 Å². The quantitative estimate of drug-likeness (QED) is 0.770. The van der Waals surface area contributed by atoms with E-state index in [0.717, 1.165) is 6.42 Å². The molecular weight excluding hydrogens is 374 g/mol. The first-order valence-electron chi connectivity index (χ1n) is 6.48. The molecule has 1 saturated carbocycles. The summed E-state index contributed by atoms with van der Waals surface area (Å²) in [5.74, 6) is 0.457. The average Bonchev–Trinajstić information content (AvgIpc) is 2.40. The number of phenolic OH excluding ortho intramolecular Hbond substituents is 1. The van der Waals surface area contributed by atoms with Gasteiger partial charge in [0.25, 0.3) is 5.91 Å². The van der Waals surface area contributed by atoms with E-state index in [9.17, 15) is 9.90 Å². The summed E-state index contributed by atoms with van der Waals surface area (Å²) in [5.41, 5.74) is 0.489. The van der Waals surface area contributed by atoms with Crippen LogP contribution in [0.4, 0.5) is 0 Å². The van der Waals surface area contributed by atoms with Crippen molar-refractivity contribution in [1.29, 1.82) is 0 Å². The van der Waals surface area contributed by atoms with Crippen LogP contribution in [0.1, 0.15) is 36.0 Å². The Balaban J connectivity index is 1.91. The van der Waals surface area contributed by atoms with Crippen LogP contribution in [0.2, 0.25) is 0 Å². The minimum absolute atomic E-state index is 0.0867. The van der Waals surface area contributed by atoms with E-state index in [1.807, 2.05) is 0 Å². The van der Waals surface area contributed by atoms with Crippen LogP contribution >= 0.6 is 31.9 Å². The Kier molecular flexibility index (Phi) is 5.28. The van der Waals surface area contributed by atoms with Crippen molar-refractivity contribution in [3.8, 4) is 5.75 Å². The monoisotopic (exact) mass is 389 g/mol. The highest BCUT2D eigenvalue weighted by molar-refractivity contribution is 9.10. The largest absolute Gasteiger partial charge is 0.507 e. The second kappa shape index (κ2) is 6.75. The lowest BCUT2D eigenvalue weighted by Crippen LogP contribution is -2.34. The molecule has 1 fully saturated rings.